The molecule has 10 rings (SSSR count). The predicted molar refractivity (Wildman–Crippen MR) is 223 cm³/mol. The average molecular weight is 665 g/mol. The topological polar surface area (TPSA) is 13.1 Å². The smallest absolute Gasteiger partial charge is 0.136 e. The Labute approximate surface area is 304 Å². The highest BCUT2D eigenvalue weighted by molar-refractivity contribution is 6.21. The highest BCUT2D eigenvalue weighted by Crippen LogP contribution is 2.46. The lowest BCUT2D eigenvalue weighted by Crippen LogP contribution is -1.91. The number of para-hydroxylation sites is 1. The first-order valence-corrected chi connectivity index (χ1v) is 17.5. The van der Waals surface area contributed by atoms with Crippen LogP contribution in [0.15, 0.2) is 199 Å². The van der Waals surface area contributed by atoms with Crippen molar-refractivity contribution in [3.8, 4) is 55.6 Å². The van der Waals surface area contributed by atoms with Crippen LogP contribution in [0.25, 0.3) is 99.1 Å². The van der Waals surface area contributed by atoms with Crippen molar-refractivity contribution >= 4 is 43.5 Å². The van der Waals surface area contributed by atoms with Gasteiger partial charge in [-0.1, -0.05) is 183 Å². The Morgan fingerprint density at radius 2 is 0.712 bits per heavy atom. The standard InChI is InChI=1S/C50H32O.CH4/c1-3-14-33(15-4-1)37-18-13-19-38(32-37)39-30-31-46-50(44-24-11-12-25-45(44)51-46)49(39)36-28-26-35(27-29-36)48-42-22-9-7-20-40(42)47(34-16-5-2-6-17-34)41-21-8-10-23-43(41)48;/h1-32H;1H4. The molecule has 9 aromatic carbocycles. The Morgan fingerprint density at radius 3 is 1.31 bits per heavy atom. The molecule has 1 nitrogen and oxygen atoms in total. The van der Waals surface area contributed by atoms with Gasteiger partial charge in [0.05, 0.1) is 0 Å². The van der Waals surface area contributed by atoms with E-state index in [0.717, 1.165) is 27.5 Å². The van der Waals surface area contributed by atoms with Crippen molar-refractivity contribution in [3.05, 3.63) is 194 Å². The fourth-order valence-electron chi connectivity index (χ4n) is 8.01. The van der Waals surface area contributed by atoms with Gasteiger partial charge in [0, 0.05) is 16.3 Å². The summed E-state index contributed by atoms with van der Waals surface area (Å²) < 4.78 is 6.44. The minimum Gasteiger partial charge on any atom is -0.456 e. The first-order chi connectivity index (χ1) is 25.3. The van der Waals surface area contributed by atoms with E-state index in [1.165, 1.54) is 71.6 Å². The summed E-state index contributed by atoms with van der Waals surface area (Å²) in [4.78, 5) is 0. The maximum Gasteiger partial charge on any atom is 0.136 e. The molecule has 0 radical (unpaired) electrons. The summed E-state index contributed by atoms with van der Waals surface area (Å²) in [5, 5.41) is 7.30. The summed E-state index contributed by atoms with van der Waals surface area (Å²) in [6.45, 7) is 0. The normalized spacial score (nSPS) is 11.3. The zero-order valence-electron chi connectivity index (χ0n) is 27.9. The molecule has 0 N–H and O–H groups in total. The Hall–Kier alpha value is -6.70. The van der Waals surface area contributed by atoms with Gasteiger partial charge in [0.15, 0.2) is 0 Å². The number of hydrogen-bond acceptors (Lipinski definition) is 1. The van der Waals surface area contributed by atoms with E-state index in [0.29, 0.717) is 0 Å². The van der Waals surface area contributed by atoms with Gasteiger partial charge in [-0.2, -0.15) is 0 Å². The fourth-order valence-corrected chi connectivity index (χ4v) is 8.01. The highest BCUT2D eigenvalue weighted by atomic mass is 16.3. The van der Waals surface area contributed by atoms with Crippen LogP contribution in [0.4, 0.5) is 0 Å². The van der Waals surface area contributed by atoms with Gasteiger partial charge in [-0.05, 0) is 89.8 Å². The van der Waals surface area contributed by atoms with Crippen LogP contribution in [0.3, 0.4) is 0 Å². The third-order valence-corrected chi connectivity index (χ3v) is 10.3. The molecular formula is C51H36O. The van der Waals surface area contributed by atoms with Crippen LogP contribution < -0.4 is 0 Å². The van der Waals surface area contributed by atoms with Crippen molar-refractivity contribution in [1.29, 1.82) is 0 Å². The van der Waals surface area contributed by atoms with Crippen molar-refractivity contribution in [2.24, 2.45) is 0 Å². The van der Waals surface area contributed by atoms with E-state index in [4.69, 9.17) is 4.42 Å². The van der Waals surface area contributed by atoms with Gasteiger partial charge in [0.2, 0.25) is 0 Å². The minimum atomic E-state index is 0. The summed E-state index contributed by atoms with van der Waals surface area (Å²) >= 11 is 0. The second-order valence-electron chi connectivity index (χ2n) is 13.2. The lowest BCUT2D eigenvalue weighted by Gasteiger charge is -2.18. The lowest BCUT2D eigenvalue weighted by molar-refractivity contribution is 0.669. The largest absolute Gasteiger partial charge is 0.456 e. The number of fused-ring (bicyclic) bond motifs is 5. The van der Waals surface area contributed by atoms with Crippen LogP contribution in [0, 0.1) is 0 Å². The number of furan rings is 1. The zero-order valence-corrected chi connectivity index (χ0v) is 27.9. The molecule has 1 aromatic heterocycles. The van der Waals surface area contributed by atoms with E-state index in [-0.39, 0.29) is 7.43 Å². The Balaban J connectivity index is 0.00000360. The van der Waals surface area contributed by atoms with Gasteiger partial charge in [-0.25, -0.2) is 0 Å². The molecule has 0 amide bonds. The molecule has 1 heteroatoms. The fraction of sp³-hybridized carbons (Fsp3) is 0.0196. The summed E-state index contributed by atoms with van der Waals surface area (Å²) in [6.07, 6.45) is 0. The Kier molecular flexibility index (Phi) is 7.75. The third kappa shape index (κ3) is 5.10. The van der Waals surface area contributed by atoms with Crippen LogP contribution >= 0.6 is 0 Å². The highest BCUT2D eigenvalue weighted by Gasteiger charge is 2.20. The number of hydrogen-bond donors (Lipinski definition) is 0. The molecule has 0 unspecified atom stereocenters. The van der Waals surface area contributed by atoms with Gasteiger partial charge in [0.25, 0.3) is 0 Å². The van der Waals surface area contributed by atoms with Crippen LogP contribution in [-0.2, 0) is 0 Å². The summed E-state index contributed by atoms with van der Waals surface area (Å²) in [5.74, 6) is 0. The molecule has 0 saturated carbocycles. The van der Waals surface area contributed by atoms with Crippen LogP contribution in [0.1, 0.15) is 7.43 Å². The van der Waals surface area contributed by atoms with E-state index in [1.54, 1.807) is 0 Å². The summed E-state index contributed by atoms with van der Waals surface area (Å²) in [5.41, 5.74) is 13.9. The molecule has 0 aliphatic carbocycles. The molecule has 0 bridgehead atoms. The van der Waals surface area contributed by atoms with E-state index in [9.17, 15) is 0 Å². The Morgan fingerprint density at radius 1 is 0.269 bits per heavy atom. The second kappa shape index (κ2) is 12.9. The minimum absolute atomic E-state index is 0. The molecule has 0 spiro atoms. The monoisotopic (exact) mass is 664 g/mol. The van der Waals surface area contributed by atoms with Gasteiger partial charge >= 0.3 is 0 Å². The van der Waals surface area contributed by atoms with E-state index in [1.807, 2.05) is 6.07 Å². The molecule has 1 heterocycles. The van der Waals surface area contributed by atoms with Crippen LogP contribution in [0.2, 0.25) is 0 Å². The maximum atomic E-state index is 6.44. The zero-order chi connectivity index (χ0) is 33.7. The van der Waals surface area contributed by atoms with Crippen molar-refractivity contribution in [1.82, 2.24) is 0 Å². The average Bonchev–Trinajstić information content (AvgIpc) is 3.59. The summed E-state index contributed by atoms with van der Waals surface area (Å²) in [7, 11) is 0. The molecule has 10 aromatic rings. The molecule has 52 heavy (non-hydrogen) atoms. The predicted octanol–water partition coefficient (Wildman–Crippen LogP) is 14.9. The van der Waals surface area contributed by atoms with Crippen molar-refractivity contribution in [3.63, 3.8) is 0 Å². The van der Waals surface area contributed by atoms with Gasteiger partial charge in [-0.3, -0.25) is 0 Å². The molecule has 0 aliphatic heterocycles. The van der Waals surface area contributed by atoms with Gasteiger partial charge < -0.3 is 4.42 Å². The van der Waals surface area contributed by atoms with Crippen molar-refractivity contribution in [2.45, 2.75) is 7.43 Å². The van der Waals surface area contributed by atoms with Crippen molar-refractivity contribution in [2.75, 3.05) is 0 Å². The lowest BCUT2D eigenvalue weighted by atomic mass is 9.85. The molecule has 246 valence electrons. The SMILES string of the molecule is C.c1ccc(-c2cccc(-c3ccc4oc5ccccc5c4c3-c3ccc(-c4c5ccccc5c(-c5ccccc5)c5ccccc45)cc3)c2)cc1. The van der Waals surface area contributed by atoms with Crippen LogP contribution in [-0.4, -0.2) is 0 Å². The van der Waals surface area contributed by atoms with E-state index in [2.05, 4.69) is 188 Å². The molecule has 0 aliphatic rings. The molecular weight excluding hydrogens is 629 g/mol. The van der Waals surface area contributed by atoms with Gasteiger partial charge in [-0.15, -0.1) is 0 Å². The first kappa shape index (κ1) is 31.3. The molecule has 0 atom stereocenters. The van der Waals surface area contributed by atoms with E-state index < -0.39 is 0 Å². The molecule has 0 fully saturated rings. The quantitative estimate of drug-likeness (QED) is 0.167. The van der Waals surface area contributed by atoms with Crippen LogP contribution in [0.5, 0.6) is 0 Å². The summed E-state index contributed by atoms with van der Waals surface area (Å²) in [6, 6.07) is 69.9. The number of rotatable bonds is 5. The first-order valence-electron chi connectivity index (χ1n) is 17.5. The second-order valence-corrected chi connectivity index (χ2v) is 13.2. The third-order valence-electron chi connectivity index (χ3n) is 10.3. The van der Waals surface area contributed by atoms with Crippen molar-refractivity contribution < 1.29 is 4.42 Å². The Bertz CT molecular complexity index is 2820. The number of benzene rings is 9. The molecule has 0 saturated heterocycles. The maximum absolute atomic E-state index is 6.44. The van der Waals surface area contributed by atoms with Gasteiger partial charge in [0.1, 0.15) is 11.2 Å². The van der Waals surface area contributed by atoms with E-state index >= 15 is 0 Å².